The van der Waals surface area contributed by atoms with Crippen molar-refractivity contribution in [3.05, 3.63) is 188 Å². The van der Waals surface area contributed by atoms with Gasteiger partial charge in [0.2, 0.25) is 0 Å². The summed E-state index contributed by atoms with van der Waals surface area (Å²) in [4.78, 5) is 0. The molecule has 0 saturated carbocycles. The van der Waals surface area contributed by atoms with Gasteiger partial charge in [0.05, 0.1) is 33.1 Å². The fraction of sp³-hybridized carbons (Fsp3) is 0. The highest BCUT2D eigenvalue weighted by molar-refractivity contribution is 6.26. The fourth-order valence-electron chi connectivity index (χ4n) is 8.47. The molecule has 0 N–H and O–H groups in total. The third kappa shape index (κ3) is 4.06. The molecule has 0 saturated heterocycles. The molecule has 11 rings (SSSR count). The molecule has 0 aliphatic rings. The van der Waals surface area contributed by atoms with Crippen LogP contribution >= 0.6 is 0 Å². The number of benzene rings is 8. The molecule has 3 heterocycles. The van der Waals surface area contributed by atoms with E-state index in [2.05, 4.69) is 202 Å². The lowest BCUT2D eigenvalue weighted by molar-refractivity contribution is 1.17. The zero-order chi connectivity index (χ0) is 33.5. The molecule has 238 valence electrons. The Balaban J connectivity index is 1.22. The fourth-order valence-corrected chi connectivity index (χ4v) is 8.47. The van der Waals surface area contributed by atoms with Crippen molar-refractivity contribution in [2.45, 2.75) is 0 Å². The second-order valence-corrected chi connectivity index (χ2v) is 13.4. The minimum atomic E-state index is 1.15. The molecule has 0 amide bonds. The predicted molar refractivity (Wildman–Crippen MR) is 215 cm³/mol. The SMILES string of the molecule is c1ccc(-c2cccc(-n3c4ccccc4c4cc(-n5c6ccccc6c6ccc7c(c8ccccc8n7-c7ccccc7)c65)ccc43)c2)cc1. The summed E-state index contributed by atoms with van der Waals surface area (Å²) in [6, 6.07) is 68.4. The average molecular weight is 650 g/mol. The summed E-state index contributed by atoms with van der Waals surface area (Å²) >= 11 is 0. The number of para-hydroxylation sites is 4. The summed E-state index contributed by atoms with van der Waals surface area (Å²) < 4.78 is 7.32. The van der Waals surface area contributed by atoms with Crippen molar-refractivity contribution in [1.82, 2.24) is 13.7 Å². The van der Waals surface area contributed by atoms with Crippen molar-refractivity contribution in [1.29, 1.82) is 0 Å². The monoisotopic (exact) mass is 649 g/mol. The Kier molecular flexibility index (Phi) is 5.96. The molecule has 8 aromatic carbocycles. The smallest absolute Gasteiger partial charge is 0.0641 e. The molecule has 3 heteroatoms. The molecule has 0 radical (unpaired) electrons. The third-order valence-electron chi connectivity index (χ3n) is 10.6. The molecule has 3 nitrogen and oxygen atoms in total. The van der Waals surface area contributed by atoms with Crippen molar-refractivity contribution in [3.63, 3.8) is 0 Å². The first-order chi connectivity index (χ1) is 25.3. The van der Waals surface area contributed by atoms with E-state index in [9.17, 15) is 0 Å². The van der Waals surface area contributed by atoms with Gasteiger partial charge in [-0.1, -0.05) is 121 Å². The van der Waals surface area contributed by atoms with Crippen molar-refractivity contribution in [2.75, 3.05) is 0 Å². The summed E-state index contributed by atoms with van der Waals surface area (Å²) in [5.74, 6) is 0. The molecule has 0 fully saturated rings. The van der Waals surface area contributed by atoms with Crippen LogP contribution in [0.4, 0.5) is 0 Å². The van der Waals surface area contributed by atoms with E-state index in [4.69, 9.17) is 0 Å². The molecule has 11 aromatic rings. The number of hydrogen-bond acceptors (Lipinski definition) is 0. The molecular formula is C48H31N3. The Morgan fingerprint density at radius 3 is 1.53 bits per heavy atom. The van der Waals surface area contributed by atoms with Crippen LogP contribution in [0, 0.1) is 0 Å². The summed E-state index contributed by atoms with van der Waals surface area (Å²) in [7, 11) is 0. The lowest BCUT2D eigenvalue weighted by Crippen LogP contribution is -1.97. The quantitative estimate of drug-likeness (QED) is 0.180. The zero-order valence-electron chi connectivity index (χ0n) is 27.7. The lowest BCUT2D eigenvalue weighted by atomic mass is 10.1. The Labute approximate surface area is 294 Å². The molecule has 0 aliphatic heterocycles. The van der Waals surface area contributed by atoms with E-state index in [1.165, 1.54) is 76.5 Å². The van der Waals surface area contributed by atoms with Crippen LogP contribution < -0.4 is 0 Å². The van der Waals surface area contributed by atoms with E-state index in [-0.39, 0.29) is 0 Å². The molecule has 0 spiro atoms. The summed E-state index contributed by atoms with van der Waals surface area (Å²) in [5.41, 5.74) is 13.1. The maximum Gasteiger partial charge on any atom is 0.0641 e. The van der Waals surface area contributed by atoms with Crippen LogP contribution in [-0.2, 0) is 0 Å². The van der Waals surface area contributed by atoms with Crippen LogP contribution in [0.3, 0.4) is 0 Å². The van der Waals surface area contributed by atoms with Gasteiger partial charge in [-0.3, -0.25) is 0 Å². The number of nitrogens with zero attached hydrogens (tertiary/aromatic N) is 3. The molecule has 0 aliphatic carbocycles. The van der Waals surface area contributed by atoms with Crippen molar-refractivity contribution < 1.29 is 0 Å². The lowest BCUT2D eigenvalue weighted by Gasteiger charge is -2.12. The number of rotatable bonds is 4. The van der Waals surface area contributed by atoms with Gasteiger partial charge in [0.25, 0.3) is 0 Å². The minimum absolute atomic E-state index is 1.15. The number of fused-ring (bicyclic) bond motifs is 10. The second kappa shape index (κ2) is 10.8. The van der Waals surface area contributed by atoms with Crippen LogP contribution in [0.2, 0.25) is 0 Å². The predicted octanol–water partition coefficient (Wildman–Crippen LogP) is 12.6. The van der Waals surface area contributed by atoms with E-state index in [0.29, 0.717) is 0 Å². The third-order valence-corrected chi connectivity index (χ3v) is 10.6. The second-order valence-electron chi connectivity index (χ2n) is 13.4. The van der Waals surface area contributed by atoms with E-state index in [0.717, 1.165) is 17.1 Å². The first-order valence-corrected chi connectivity index (χ1v) is 17.5. The van der Waals surface area contributed by atoms with Crippen LogP contribution in [0.15, 0.2) is 188 Å². The van der Waals surface area contributed by atoms with Gasteiger partial charge in [-0.25, -0.2) is 0 Å². The largest absolute Gasteiger partial charge is 0.309 e. The summed E-state index contributed by atoms with van der Waals surface area (Å²) in [6.45, 7) is 0. The van der Waals surface area contributed by atoms with E-state index in [1.807, 2.05) is 0 Å². The van der Waals surface area contributed by atoms with Crippen LogP contribution in [0.5, 0.6) is 0 Å². The molecule has 0 bridgehead atoms. The maximum absolute atomic E-state index is 2.50. The van der Waals surface area contributed by atoms with Gasteiger partial charge in [0.1, 0.15) is 0 Å². The van der Waals surface area contributed by atoms with Gasteiger partial charge >= 0.3 is 0 Å². The average Bonchev–Trinajstić information content (AvgIpc) is 3.84. The van der Waals surface area contributed by atoms with E-state index in [1.54, 1.807) is 0 Å². The van der Waals surface area contributed by atoms with Crippen molar-refractivity contribution in [2.24, 2.45) is 0 Å². The number of hydrogen-bond donors (Lipinski definition) is 0. The van der Waals surface area contributed by atoms with Crippen LogP contribution in [0.25, 0.3) is 93.6 Å². The summed E-state index contributed by atoms with van der Waals surface area (Å²) in [5, 5.41) is 7.51. The normalized spacial score (nSPS) is 11.9. The van der Waals surface area contributed by atoms with Gasteiger partial charge in [0, 0.05) is 49.4 Å². The minimum Gasteiger partial charge on any atom is -0.309 e. The Morgan fingerprint density at radius 2 is 0.765 bits per heavy atom. The van der Waals surface area contributed by atoms with Crippen molar-refractivity contribution in [3.8, 4) is 28.2 Å². The Hall–Kier alpha value is -6.84. The zero-order valence-corrected chi connectivity index (χ0v) is 27.7. The Bertz CT molecular complexity index is 3120. The molecule has 0 atom stereocenters. The first-order valence-electron chi connectivity index (χ1n) is 17.5. The highest BCUT2D eigenvalue weighted by atomic mass is 15.0. The van der Waals surface area contributed by atoms with Crippen LogP contribution in [-0.4, -0.2) is 13.7 Å². The highest BCUT2D eigenvalue weighted by Crippen LogP contribution is 2.43. The maximum atomic E-state index is 2.50. The van der Waals surface area contributed by atoms with Gasteiger partial charge in [-0.2, -0.15) is 0 Å². The molecule has 0 unspecified atom stereocenters. The number of aromatic nitrogens is 3. The molecule has 51 heavy (non-hydrogen) atoms. The van der Waals surface area contributed by atoms with Crippen LogP contribution in [0.1, 0.15) is 0 Å². The first kappa shape index (κ1) is 28.0. The van der Waals surface area contributed by atoms with Gasteiger partial charge in [-0.15, -0.1) is 0 Å². The summed E-state index contributed by atoms with van der Waals surface area (Å²) in [6.07, 6.45) is 0. The highest BCUT2D eigenvalue weighted by Gasteiger charge is 2.21. The standard InChI is InChI=1S/C48H31N3/c1-3-14-32(15-4-1)33-16-13-19-35(30-33)50-42-23-10-8-21-38(42)41-31-36(26-28-45(41)50)51-43-24-11-7-20-37(43)39-27-29-46-47(48(39)51)40-22-9-12-25-44(40)49(46)34-17-5-2-6-18-34/h1-31H. The van der Waals surface area contributed by atoms with E-state index < -0.39 is 0 Å². The topological polar surface area (TPSA) is 14.8 Å². The van der Waals surface area contributed by atoms with Crippen molar-refractivity contribution >= 4 is 65.4 Å². The molecular weight excluding hydrogens is 619 g/mol. The van der Waals surface area contributed by atoms with Gasteiger partial charge < -0.3 is 13.7 Å². The van der Waals surface area contributed by atoms with Gasteiger partial charge in [0.15, 0.2) is 0 Å². The Morgan fingerprint density at radius 1 is 0.255 bits per heavy atom. The van der Waals surface area contributed by atoms with E-state index >= 15 is 0 Å². The molecule has 3 aromatic heterocycles. The van der Waals surface area contributed by atoms with Gasteiger partial charge in [-0.05, 0) is 77.9 Å².